The molecule has 0 bridgehead atoms. The molecular formula is C39H46N8O6. The second-order valence-electron chi connectivity index (χ2n) is 14.3. The molecule has 14 nitrogen and oxygen atoms in total. The molecule has 53 heavy (non-hydrogen) atoms. The Labute approximate surface area is 308 Å². The molecule has 4 heterocycles. The van der Waals surface area contributed by atoms with Crippen LogP contribution in [0, 0.1) is 23.7 Å². The third-order valence-electron chi connectivity index (χ3n) is 9.96. The van der Waals surface area contributed by atoms with E-state index in [4.69, 9.17) is 9.72 Å². The molecule has 14 heteroatoms. The molecule has 0 aliphatic carbocycles. The number of methoxy groups -OCH3 is 1. The van der Waals surface area contributed by atoms with Crippen LogP contribution in [0.25, 0.3) is 22.2 Å². The number of likely N-dealkylation sites (tertiary alicyclic amines) is 2. The van der Waals surface area contributed by atoms with Crippen molar-refractivity contribution in [3.05, 3.63) is 71.6 Å². The Bertz CT molecular complexity index is 2040. The fourth-order valence-corrected chi connectivity index (χ4v) is 7.15. The summed E-state index contributed by atoms with van der Waals surface area (Å²) < 4.78 is 4.75. The average molecular weight is 723 g/mol. The lowest BCUT2D eigenvalue weighted by Gasteiger charge is -2.29. The molecule has 278 valence electrons. The Morgan fingerprint density at radius 2 is 1.43 bits per heavy atom. The maximum Gasteiger partial charge on any atom is 0.407 e. The number of H-pyrrole nitrogens is 2. The number of aromatic amines is 2. The van der Waals surface area contributed by atoms with Crippen molar-refractivity contribution in [1.29, 1.82) is 0 Å². The van der Waals surface area contributed by atoms with Crippen molar-refractivity contribution in [2.24, 2.45) is 11.8 Å². The second-order valence-corrected chi connectivity index (χ2v) is 14.3. The van der Waals surface area contributed by atoms with E-state index in [1.165, 1.54) is 7.11 Å². The van der Waals surface area contributed by atoms with Crippen LogP contribution in [0.3, 0.4) is 0 Å². The summed E-state index contributed by atoms with van der Waals surface area (Å²) in [5, 5.41) is 14.3. The number of nitrogens with one attached hydrogen (secondary N) is 4. The first kappa shape index (κ1) is 36.9. The highest BCUT2D eigenvalue weighted by Gasteiger charge is 2.39. The van der Waals surface area contributed by atoms with Gasteiger partial charge in [-0.15, -0.1) is 0 Å². The van der Waals surface area contributed by atoms with Crippen molar-refractivity contribution in [1.82, 2.24) is 40.4 Å². The fourth-order valence-electron chi connectivity index (χ4n) is 7.15. The van der Waals surface area contributed by atoms with Gasteiger partial charge in [0.1, 0.15) is 29.4 Å². The number of hydrogen-bond donors (Lipinski definition) is 5. The summed E-state index contributed by atoms with van der Waals surface area (Å²) in [4.78, 5) is 69.7. The predicted octanol–water partition coefficient (Wildman–Crippen LogP) is 5.35. The molecule has 0 radical (unpaired) electrons. The highest BCUT2D eigenvalue weighted by molar-refractivity contribution is 5.87. The summed E-state index contributed by atoms with van der Waals surface area (Å²) in [6.07, 6.45) is 3.01. The second kappa shape index (κ2) is 15.8. The zero-order valence-electron chi connectivity index (χ0n) is 30.6. The number of benzene rings is 2. The number of aromatic nitrogens is 4. The van der Waals surface area contributed by atoms with Crippen LogP contribution in [0.5, 0.6) is 0 Å². The molecule has 2 aliphatic rings. The third kappa shape index (κ3) is 8.14. The van der Waals surface area contributed by atoms with Gasteiger partial charge in [-0.25, -0.2) is 19.6 Å². The van der Waals surface area contributed by atoms with Gasteiger partial charge in [-0.1, -0.05) is 51.8 Å². The van der Waals surface area contributed by atoms with E-state index in [9.17, 15) is 24.3 Å². The predicted molar refractivity (Wildman–Crippen MR) is 197 cm³/mol. The molecule has 2 aromatic heterocycles. The van der Waals surface area contributed by atoms with Crippen molar-refractivity contribution in [3.63, 3.8) is 0 Å². The van der Waals surface area contributed by atoms with Gasteiger partial charge in [0.15, 0.2) is 0 Å². The number of carboxylic acid groups (broad SMARTS) is 1. The van der Waals surface area contributed by atoms with Crippen LogP contribution in [0.4, 0.5) is 9.59 Å². The minimum atomic E-state index is -1.22. The fraction of sp³-hybridized carbons (Fsp3) is 0.436. The summed E-state index contributed by atoms with van der Waals surface area (Å²) in [6.45, 7) is 8.54. The molecule has 4 atom stereocenters. The van der Waals surface area contributed by atoms with Crippen molar-refractivity contribution in [3.8, 4) is 23.0 Å². The van der Waals surface area contributed by atoms with Crippen molar-refractivity contribution in [2.45, 2.75) is 77.5 Å². The van der Waals surface area contributed by atoms with Gasteiger partial charge in [0.05, 0.1) is 30.2 Å². The summed E-state index contributed by atoms with van der Waals surface area (Å²) in [6, 6.07) is 11.9. The van der Waals surface area contributed by atoms with Gasteiger partial charge in [-0.3, -0.25) is 9.59 Å². The first-order chi connectivity index (χ1) is 25.4. The number of imidazole rings is 2. The molecule has 2 saturated heterocycles. The molecule has 6 rings (SSSR count). The van der Waals surface area contributed by atoms with Gasteiger partial charge in [-0.2, -0.15) is 0 Å². The summed E-state index contributed by atoms with van der Waals surface area (Å²) >= 11 is 0. The quantitative estimate of drug-likeness (QED) is 0.143. The Morgan fingerprint density at radius 3 is 2.04 bits per heavy atom. The van der Waals surface area contributed by atoms with E-state index in [0.29, 0.717) is 24.6 Å². The normalized spacial score (nSPS) is 18.2. The number of carbonyl (C=O) groups excluding carboxylic acids is 3. The number of hydrogen-bond acceptors (Lipinski definition) is 7. The summed E-state index contributed by atoms with van der Waals surface area (Å²) in [5.41, 5.74) is 5.02. The van der Waals surface area contributed by atoms with E-state index in [-0.39, 0.29) is 35.7 Å². The topological polar surface area (TPSA) is 186 Å². The monoisotopic (exact) mass is 722 g/mol. The van der Waals surface area contributed by atoms with Gasteiger partial charge in [0, 0.05) is 24.8 Å². The van der Waals surface area contributed by atoms with Crippen molar-refractivity contribution in [2.75, 3.05) is 20.2 Å². The molecule has 2 aromatic carbocycles. The minimum absolute atomic E-state index is 0.113. The van der Waals surface area contributed by atoms with E-state index in [2.05, 4.69) is 37.4 Å². The first-order valence-corrected chi connectivity index (χ1v) is 18.1. The highest BCUT2D eigenvalue weighted by atomic mass is 16.5. The smallest absolute Gasteiger partial charge is 0.407 e. The van der Waals surface area contributed by atoms with Crippen molar-refractivity contribution < 1.29 is 29.0 Å². The minimum Gasteiger partial charge on any atom is -0.465 e. The van der Waals surface area contributed by atoms with Gasteiger partial charge >= 0.3 is 12.2 Å². The van der Waals surface area contributed by atoms with E-state index in [1.54, 1.807) is 16.0 Å². The molecule has 4 amide bonds. The van der Waals surface area contributed by atoms with Gasteiger partial charge < -0.3 is 40.2 Å². The van der Waals surface area contributed by atoms with Gasteiger partial charge in [0.2, 0.25) is 11.8 Å². The Balaban J connectivity index is 1.13. The average Bonchev–Trinajstić information content (AvgIpc) is 3.97. The first-order valence-electron chi connectivity index (χ1n) is 18.1. The highest BCUT2D eigenvalue weighted by Crippen LogP contribution is 2.34. The van der Waals surface area contributed by atoms with Crippen LogP contribution in [0.2, 0.25) is 0 Å². The number of amides is 4. The van der Waals surface area contributed by atoms with Crippen LogP contribution in [0.15, 0.2) is 48.7 Å². The number of fused-ring (bicyclic) bond motifs is 1. The maximum absolute atomic E-state index is 13.6. The number of rotatable bonds is 9. The standard InChI is InChI=1S/C39H46N8O6/c1-22(2)32(44-38(50)51)36(48)46-18-6-8-30(46)34-40-21-27(41-34)16-12-24-10-13-25(14-11-24)26-15-17-28-29(20-26)43-35(42-28)31-9-7-19-47(31)37(49)33(23(3)4)45-39(52)53-5/h10-11,13-15,17,20-23,30-33,44H,6-9,18-19H2,1-5H3,(H,40,41)(H,42,43)(H,45,52)(H,50,51)/t30-,31?,32+,33-/m0/s1. The Hall–Kier alpha value is -5.84. The molecule has 2 aliphatic heterocycles. The zero-order chi connectivity index (χ0) is 37.8. The van der Waals surface area contributed by atoms with Crippen LogP contribution in [-0.4, -0.2) is 91.1 Å². The molecule has 4 aromatic rings. The zero-order valence-corrected chi connectivity index (χ0v) is 30.6. The number of ether oxygens (including phenoxy) is 1. The van der Waals surface area contributed by atoms with Crippen LogP contribution in [0.1, 0.15) is 88.4 Å². The molecule has 2 fully saturated rings. The van der Waals surface area contributed by atoms with E-state index >= 15 is 0 Å². The largest absolute Gasteiger partial charge is 0.465 e. The number of nitrogens with zero attached hydrogens (tertiary/aromatic N) is 4. The number of alkyl carbamates (subject to hydrolysis) is 1. The number of carbonyl (C=O) groups is 4. The molecule has 0 spiro atoms. The van der Waals surface area contributed by atoms with E-state index in [1.807, 2.05) is 70.2 Å². The van der Waals surface area contributed by atoms with Crippen molar-refractivity contribution >= 4 is 35.0 Å². The Morgan fingerprint density at radius 1 is 0.830 bits per heavy atom. The molecule has 5 N–H and O–H groups in total. The molecular weight excluding hydrogens is 676 g/mol. The lowest BCUT2D eigenvalue weighted by atomic mass is 10.0. The summed E-state index contributed by atoms with van der Waals surface area (Å²) in [7, 11) is 1.28. The van der Waals surface area contributed by atoms with Crippen LogP contribution < -0.4 is 10.6 Å². The Kier molecular flexibility index (Phi) is 11.0. The third-order valence-corrected chi connectivity index (χ3v) is 9.96. The molecule has 0 saturated carbocycles. The molecule has 1 unspecified atom stereocenters. The van der Waals surface area contributed by atoms with Crippen LogP contribution in [-0.2, 0) is 14.3 Å². The SMILES string of the molecule is COC(=O)N[C@H](C(=O)N1CCCC1c1nc2cc(-c3ccc(C#Cc4c[nH]c([C@@H]5CCCN5C(=O)[C@H](NC(=O)O)C(C)C)n4)cc3)ccc2[nH]1)C(C)C. The maximum atomic E-state index is 13.6. The van der Waals surface area contributed by atoms with Gasteiger partial charge in [0.25, 0.3) is 0 Å². The van der Waals surface area contributed by atoms with E-state index in [0.717, 1.165) is 59.2 Å². The lowest BCUT2D eigenvalue weighted by molar-refractivity contribution is -0.136. The van der Waals surface area contributed by atoms with E-state index < -0.39 is 24.3 Å². The lowest BCUT2D eigenvalue weighted by Crippen LogP contribution is -2.51. The van der Waals surface area contributed by atoms with Crippen LogP contribution >= 0.6 is 0 Å². The van der Waals surface area contributed by atoms with Gasteiger partial charge in [-0.05, 0) is 78.8 Å². The summed E-state index contributed by atoms with van der Waals surface area (Å²) in [5.74, 6) is 6.93.